The molecule has 154 valence electrons. The Morgan fingerprint density at radius 3 is 2.55 bits per heavy atom. The number of methoxy groups -OCH3 is 1. The fourth-order valence-electron chi connectivity index (χ4n) is 3.47. The van der Waals surface area contributed by atoms with Crippen molar-refractivity contribution in [3.8, 4) is 0 Å². The lowest BCUT2D eigenvalue weighted by Gasteiger charge is -2.18. The highest BCUT2D eigenvalue weighted by atomic mass is 16.5. The third kappa shape index (κ3) is 3.73. The van der Waals surface area contributed by atoms with E-state index in [9.17, 15) is 19.2 Å². The van der Waals surface area contributed by atoms with Gasteiger partial charge in [-0.2, -0.15) is 0 Å². The molecule has 0 radical (unpaired) electrons. The second-order valence-corrected chi connectivity index (χ2v) is 7.01. The monoisotopic (exact) mass is 400 g/mol. The summed E-state index contributed by atoms with van der Waals surface area (Å²) in [4.78, 5) is 49.3. The Labute approximate surface area is 166 Å². The van der Waals surface area contributed by atoms with E-state index in [1.165, 1.54) is 31.7 Å². The first-order chi connectivity index (χ1) is 13.8. The van der Waals surface area contributed by atoms with E-state index >= 15 is 0 Å². The number of aromatic nitrogens is 3. The summed E-state index contributed by atoms with van der Waals surface area (Å²) < 4.78 is 9.13. The zero-order valence-electron chi connectivity index (χ0n) is 16.9. The van der Waals surface area contributed by atoms with Gasteiger partial charge in [0.25, 0.3) is 11.5 Å². The highest BCUT2D eigenvalue weighted by Gasteiger charge is 2.23. The summed E-state index contributed by atoms with van der Waals surface area (Å²) in [5.41, 5.74) is 0.329. The van der Waals surface area contributed by atoms with Crippen molar-refractivity contribution in [2.24, 2.45) is 14.1 Å². The SMILES string of the molecule is COCCn1c(C(=O)NC2C=CC(C(C)=O)=CC2)cc2c(=O)n(C)c(=O)n(C)c21. The largest absolute Gasteiger partial charge is 0.383 e. The first kappa shape index (κ1) is 20.5. The lowest BCUT2D eigenvalue weighted by atomic mass is 10.0. The van der Waals surface area contributed by atoms with Crippen LogP contribution in [0.15, 0.2) is 39.5 Å². The van der Waals surface area contributed by atoms with E-state index in [0.717, 1.165) is 4.57 Å². The highest BCUT2D eigenvalue weighted by molar-refractivity contribution is 5.99. The molecule has 0 saturated heterocycles. The maximum Gasteiger partial charge on any atom is 0.332 e. The van der Waals surface area contributed by atoms with Gasteiger partial charge in [0, 0.05) is 33.3 Å². The molecule has 1 aliphatic rings. The van der Waals surface area contributed by atoms with E-state index in [0.29, 0.717) is 30.8 Å². The number of ketones is 1. The minimum absolute atomic E-state index is 0.0255. The van der Waals surface area contributed by atoms with Crippen LogP contribution in [0.5, 0.6) is 0 Å². The molecule has 2 heterocycles. The number of nitrogens with one attached hydrogen (secondary N) is 1. The van der Waals surface area contributed by atoms with Gasteiger partial charge in [-0.25, -0.2) is 4.79 Å². The van der Waals surface area contributed by atoms with Crippen molar-refractivity contribution < 1.29 is 14.3 Å². The fourth-order valence-corrected chi connectivity index (χ4v) is 3.47. The van der Waals surface area contributed by atoms with Crippen molar-refractivity contribution in [3.63, 3.8) is 0 Å². The highest BCUT2D eigenvalue weighted by Crippen LogP contribution is 2.17. The predicted molar refractivity (Wildman–Crippen MR) is 108 cm³/mol. The molecule has 1 unspecified atom stereocenters. The topological polar surface area (TPSA) is 104 Å². The molecule has 3 rings (SSSR count). The van der Waals surface area contributed by atoms with Crippen LogP contribution < -0.4 is 16.6 Å². The maximum absolute atomic E-state index is 13.0. The minimum Gasteiger partial charge on any atom is -0.383 e. The van der Waals surface area contributed by atoms with Crippen molar-refractivity contribution in [1.29, 1.82) is 0 Å². The van der Waals surface area contributed by atoms with Crippen LogP contribution in [0, 0.1) is 0 Å². The van der Waals surface area contributed by atoms with Crippen LogP contribution in [0.4, 0.5) is 0 Å². The van der Waals surface area contributed by atoms with E-state index in [-0.39, 0.29) is 28.8 Å². The number of carbonyl (C=O) groups is 2. The van der Waals surface area contributed by atoms with Gasteiger partial charge in [-0.1, -0.05) is 18.2 Å². The van der Waals surface area contributed by atoms with Crippen molar-refractivity contribution in [2.75, 3.05) is 13.7 Å². The van der Waals surface area contributed by atoms with Crippen molar-refractivity contribution in [3.05, 3.63) is 56.4 Å². The number of ether oxygens (including phenoxy) is 1. The number of allylic oxidation sites excluding steroid dienone is 2. The first-order valence-electron chi connectivity index (χ1n) is 9.24. The van der Waals surface area contributed by atoms with Crippen LogP contribution >= 0.6 is 0 Å². The van der Waals surface area contributed by atoms with Gasteiger partial charge in [-0.15, -0.1) is 0 Å². The van der Waals surface area contributed by atoms with E-state index in [2.05, 4.69) is 5.32 Å². The third-order valence-corrected chi connectivity index (χ3v) is 5.07. The zero-order chi connectivity index (χ0) is 21.3. The Bertz CT molecular complexity index is 1160. The summed E-state index contributed by atoms with van der Waals surface area (Å²) in [6.45, 7) is 2.10. The number of hydrogen-bond acceptors (Lipinski definition) is 5. The van der Waals surface area contributed by atoms with Crippen LogP contribution in [0.1, 0.15) is 23.8 Å². The van der Waals surface area contributed by atoms with Gasteiger partial charge in [-0.05, 0) is 19.4 Å². The summed E-state index contributed by atoms with van der Waals surface area (Å²) >= 11 is 0. The van der Waals surface area contributed by atoms with E-state index in [1.807, 2.05) is 0 Å². The second kappa shape index (κ2) is 8.04. The van der Waals surface area contributed by atoms with E-state index in [4.69, 9.17) is 4.74 Å². The van der Waals surface area contributed by atoms with Gasteiger partial charge in [0.1, 0.15) is 11.3 Å². The molecule has 29 heavy (non-hydrogen) atoms. The second-order valence-electron chi connectivity index (χ2n) is 7.01. The van der Waals surface area contributed by atoms with Crippen molar-refractivity contribution >= 4 is 22.7 Å². The van der Waals surface area contributed by atoms with Gasteiger partial charge in [0.2, 0.25) is 0 Å². The quantitative estimate of drug-likeness (QED) is 0.749. The molecular formula is C20H24N4O5. The summed E-state index contributed by atoms with van der Waals surface area (Å²) in [7, 11) is 4.50. The molecule has 2 aromatic rings. The first-order valence-corrected chi connectivity index (χ1v) is 9.24. The van der Waals surface area contributed by atoms with Crippen LogP contribution in [-0.2, 0) is 30.2 Å². The number of aryl methyl sites for hydroxylation is 1. The Kier molecular flexibility index (Phi) is 5.69. The van der Waals surface area contributed by atoms with Crippen molar-refractivity contribution in [1.82, 2.24) is 19.0 Å². The molecule has 9 nitrogen and oxygen atoms in total. The predicted octanol–water partition coefficient (Wildman–Crippen LogP) is 0.259. The molecule has 0 saturated carbocycles. The van der Waals surface area contributed by atoms with Gasteiger partial charge >= 0.3 is 5.69 Å². The average molecular weight is 400 g/mol. The van der Waals surface area contributed by atoms with Gasteiger partial charge in [-0.3, -0.25) is 23.5 Å². The van der Waals surface area contributed by atoms with Crippen LogP contribution in [-0.4, -0.2) is 45.2 Å². The normalized spacial score (nSPS) is 16.1. The van der Waals surface area contributed by atoms with Crippen LogP contribution in [0.3, 0.4) is 0 Å². The zero-order valence-corrected chi connectivity index (χ0v) is 16.9. The number of hydrogen-bond donors (Lipinski definition) is 1. The molecule has 0 aliphatic heterocycles. The van der Waals surface area contributed by atoms with Gasteiger partial charge in [0.15, 0.2) is 5.78 Å². The standard InChI is InChI=1S/C20H24N4O5/c1-12(25)13-5-7-14(8-6-13)21-17(26)16-11-15-18(24(16)9-10-29-4)22(2)20(28)23(3)19(15)27/h5-7,11,14H,8-10H2,1-4H3,(H,21,26). The summed E-state index contributed by atoms with van der Waals surface area (Å²) in [5.74, 6) is -0.399. The molecule has 1 aliphatic carbocycles. The fraction of sp³-hybridized carbons (Fsp3) is 0.400. The molecule has 1 N–H and O–H groups in total. The molecule has 0 spiro atoms. The number of nitrogens with zero attached hydrogens (tertiary/aromatic N) is 3. The summed E-state index contributed by atoms with van der Waals surface area (Å²) in [6.07, 6.45) is 5.74. The van der Waals surface area contributed by atoms with Gasteiger partial charge < -0.3 is 14.6 Å². The lowest BCUT2D eigenvalue weighted by Crippen LogP contribution is -2.37. The summed E-state index contributed by atoms with van der Waals surface area (Å²) in [5, 5.41) is 3.19. The molecule has 0 bridgehead atoms. The molecule has 0 aromatic carbocycles. The molecule has 0 fully saturated rings. The number of rotatable bonds is 6. The molecule has 2 aromatic heterocycles. The third-order valence-electron chi connectivity index (χ3n) is 5.07. The lowest BCUT2D eigenvalue weighted by molar-refractivity contribution is -0.113. The Hall–Kier alpha value is -3.20. The number of amides is 1. The Balaban J connectivity index is 2.01. The minimum atomic E-state index is -0.469. The Morgan fingerprint density at radius 1 is 1.24 bits per heavy atom. The molecular weight excluding hydrogens is 376 g/mol. The smallest absolute Gasteiger partial charge is 0.332 e. The number of fused-ring (bicyclic) bond motifs is 1. The van der Waals surface area contributed by atoms with Crippen molar-refractivity contribution in [2.45, 2.75) is 25.9 Å². The molecule has 1 atom stereocenters. The van der Waals surface area contributed by atoms with Gasteiger partial charge in [0.05, 0.1) is 18.0 Å². The maximum atomic E-state index is 13.0. The van der Waals surface area contributed by atoms with E-state index in [1.54, 1.807) is 29.8 Å². The average Bonchev–Trinajstić information content (AvgIpc) is 3.09. The van der Waals surface area contributed by atoms with E-state index < -0.39 is 11.2 Å². The Morgan fingerprint density at radius 2 is 1.97 bits per heavy atom. The summed E-state index contributed by atoms with van der Waals surface area (Å²) in [6, 6.07) is 1.23. The van der Waals surface area contributed by atoms with Crippen LogP contribution in [0.2, 0.25) is 0 Å². The molecule has 9 heteroatoms. The molecule has 1 amide bonds. The van der Waals surface area contributed by atoms with Crippen LogP contribution in [0.25, 0.3) is 11.0 Å². The number of Topliss-reactive ketones (excluding diaryl/α,β-unsaturated/α-hetero) is 1. The number of carbonyl (C=O) groups excluding carboxylic acids is 2.